The van der Waals surface area contributed by atoms with Crippen molar-refractivity contribution in [3.8, 4) is 0 Å². The van der Waals surface area contributed by atoms with E-state index in [0.717, 1.165) is 11.6 Å². The molecule has 5 nitrogen and oxygen atoms in total. The molecule has 7 heteroatoms. The van der Waals surface area contributed by atoms with E-state index < -0.39 is 35.3 Å². The van der Waals surface area contributed by atoms with E-state index in [1.165, 1.54) is 11.0 Å². The van der Waals surface area contributed by atoms with E-state index in [2.05, 4.69) is 5.32 Å². The average Bonchev–Trinajstić information content (AvgIpc) is 2.59. The molecule has 2 rings (SSSR count). The van der Waals surface area contributed by atoms with Crippen LogP contribution in [0.2, 0.25) is 0 Å². The van der Waals surface area contributed by atoms with E-state index in [4.69, 9.17) is 4.74 Å². The van der Waals surface area contributed by atoms with Crippen molar-refractivity contribution < 1.29 is 23.1 Å². The van der Waals surface area contributed by atoms with Gasteiger partial charge in [-0.1, -0.05) is 30.3 Å². The van der Waals surface area contributed by atoms with Gasteiger partial charge in [0.15, 0.2) is 0 Å². The number of likely N-dealkylation sites (N-methyl/N-ethyl adjacent to an activating group) is 1. The number of hydrogen-bond acceptors (Lipinski definition) is 3. The van der Waals surface area contributed by atoms with Gasteiger partial charge in [0, 0.05) is 26.1 Å². The van der Waals surface area contributed by atoms with Crippen LogP contribution >= 0.6 is 0 Å². The summed E-state index contributed by atoms with van der Waals surface area (Å²) in [6.45, 7) is 5.48. The van der Waals surface area contributed by atoms with Crippen molar-refractivity contribution in [1.82, 2.24) is 10.2 Å². The Kier molecular flexibility index (Phi) is 7.53. The van der Waals surface area contributed by atoms with Crippen LogP contribution in [0.15, 0.2) is 54.1 Å². The number of hydrogen-bond donors (Lipinski definition) is 1. The Balaban J connectivity index is 2.13. The van der Waals surface area contributed by atoms with Gasteiger partial charge < -0.3 is 15.0 Å². The summed E-state index contributed by atoms with van der Waals surface area (Å²) in [5.74, 6) is -2.17. The summed E-state index contributed by atoms with van der Waals surface area (Å²) >= 11 is 0. The van der Waals surface area contributed by atoms with E-state index in [1.807, 2.05) is 30.3 Å². The summed E-state index contributed by atoms with van der Waals surface area (Å²) in [5.41, 5.74) is 0.191. The number of halogens is 2. The van der Waals surface area contributed by atoms with Gasteiger partial charge in [-0.05, 0) is 44.7 Å². The summed E-state index contributed by atoms with van der Waals surface area (Å²) in [6.07, 6.45) is 1.40. The quantitative estimate of drug-likeness (QED) is 0.748. The van der Waals surface area contributed by atoms with Gasteiger partial charge in [0.05, 0.1) is 0 Å². The van der Waals surface area contributed by atoms with Crippen molar-refractivity contribution >= 4 is 12.0 Å². The molecule has 1 aromatic carbocycles. The number of alkyl carbamates (subject to hydrolysis) is 1. The predicted molar refractivity (Wildman–Crippen MR) is 107 cm³/mol. The Hall–Kier alpha value is -2.70. The highest BCUT2D eigenvalue weighted by molar-refractivity contribution is 5.85. The van der Waals surface area contributed by atoms with Crippen LogP contribution in [0.4, 0.5) is 13.6 Å². The van der Waals surface area contributed by atoms with E-state index in [9.17, 15) is 18.4 Å². The molecule has 2 atom stereocenters. The van der Waals surface area contributed by atoms with Crippen molar-refractivity contribution in [2.75, 3.05) is 7.05 Å². The molecule has 0 bridgehead atoms. The predicted octanol–water partition coefficient (Wildman–Crippen LogP) is 4.66. The largest absolute Gasteiger partial charge is 0.444 e. The van der Waals surface area contributed by atoms with Crippen LogP contribution in [0.5, 0.6) is 0 Å². The fourth-order valence-corrected chi connectivity index (χ4v) is 3.12. The highest BCUT2D eigenvalue weighted by Gasteiger charge is 2.30. The highest BCUT2D eigenvalue weighted by atomic mass is 19.1. The first-order valence-electron chi connectivity index (χ1n) is 9.55. The Morgan fingerprint density at radius 1 is 1.24 bits per heavy atom. The summed E-state index contributed by atoms with van der Waals surface area (Å²) in [4.78, 5) is 26.7. The van der Waals surface area contributed by atoms with Crippen LogP contribution < -0.4 is 5.32 Å². The number of carbonyl (C=O) groups is 2. The molecule has 158 valence electrons. The lowest BCUT2D eigenvalue weighted by atomic mass is 9.91. The molecular weight excluding hydrogens is 378 g/mol. The van der Waals surface area contributed by atoms with E-state index in [-0.39, 0.29) is 18.7 Å². The SMILES string of the molecule is CN(Cc1ccccc1)C(=O)[C@@H](CC1C=C(F)C=C(F)C1)NC(=O)OC(C)(C)C. The van der Waals surface area contributed by atoms with E-state index >= 15 is 0 Å². The third-order valence-corrected chi connectivity index (χ3v) is 4.31. The molecule has 0 spiro atoms. The lowest BCUT2D eigenvalue weighted by Crippen LogP contribution is -2.49. The third-order valence-electron chi connectivity index (χ3n) is 4.31. The van der Waals surface area contributed by atoms with Crippen molar-refractivity contribution in [3.63, 3.8) is 0 Å². The first-order valence-corrected chi connectivity index (χ1v) is 9.55. The Morgan fingerprint density at radius 3 is 2.48 bits per heavy atom. The molecule has 0 saturated heterocycles. The van der Waals surface area contributed by atoms with Gasteiger partial charge >= 0.3 is 6.09 Å². The molecule has 1 aromatic rings. The number of rotatable bonds is 6. The first-order chi connectivity index (χ1) is 13.5. The second kappa shape index (κ2) is 9.67. The number of carbonyl (C=O) groups excluding carboxylic acids is 2. The molecule has 0 saturated carbocycles. The fourth-order valence-electron chi connectivity index (χ4n) is 3.12. The van der Waals surface area contributed by atoms with Crippen LogP contribution in [0.1, 0.15) is 39.2 Å². The fraction of sp³-hybridized carbons (Fsp3) is 0.455. The maximum Gasteiger partial charge on any atom is 0.408 e. The highest BCUT2D eigenvalue weighted by Crippen LogP contribution is 2.28. The van der Waals surface area contributed by atoms with Crippen molar-refractivity contribution in [2.24, 2.45) is 5.92 Å². The summed E-state index contributed by atoms with van der Waals surface area (Å²) in [7, 11) is 1.62. The van der Waals surface area contributed by atoms with Crippen molar-refractivity contribution in [3.05, 3.63) is 59.7 Å². The second-order valence-electron chi connectivity index (χ2n) is 8.22. The molecule has 0 aliphatic heterocycles. The van der Waals surface area contributed by atoms with Gasteiger partial charge in [-0.15, -0.1) is 0 Å². The van der Waals surface area contributed by atoms with Crippen LogP contribution in [-0.2, 0) is 16.1 Å². The van der Waals surface area contributed by atoms with Crippen LogP contribution in [-0.4, -0.2) is 35.6 Å². The Labute approximate surface area is 170 Å². The molecule has 1 unspecified atom stereocenters. The third kappa shape index (κ3) is 7.68. The van der Waals surface area contributed by atoms with Gasteiger partial charge in [-0.2, -0.15) is 0 Å². The topological polar surface area (TPSA) is 58.6 Å². The molecule has 0 radical (unpaired) electrons. The molecule has 0 heterocycles. The van der Waals surface area contributed by atoms with Gasteiger partial charge in [0.2, 0.25) is 5.91 Å². The molecule has 1 aliphatic carbocycles. The Morgan fingerprint density at radius 2 is 1.90 bits per heavy atom. The molecule has 2 amide bonds. The minimum absolute atomic E-state index is 0.0183. The number of nitrogens with one attached hydrogen (secondary N) is 1. The lowest BCUT2D eigenvalue weighted by Gasteiger charge is -2.28. The smallest absolute Gasteiger partial charge is 0.408 e. The monoisotopic (exact) mass is 406 g/mol. The van der Waals surface area contributed by atoms with Crippen LogP contribution in [0.3, 0.4) is 0 Å². The molecular formula is C22H28F2N2O3. The maximum atomic E-state index is 13.6. The zero-order valence-electron chi connectivity index (χ0n) is 17.2. The summed E-state index contributed by atoms with van der Waals surface area (Å²) in [6, 6.07) is 8.42. The first kappa shape index (κ1) is 22.6. The molecule has 1 N–H and O–H groups in total. The summed E-state index contributed by atoms with van der Waals surface area (Å²) < 4.78 is 32.5. The number of ether oxygens (including phenoxy) is 1. The molecule has 0 fully saturated rings. The molecule has 0 aromatic heterocycles. The van der Waals surface area contributed by atoms with Gasteiger partial charge in [-0.3, -0.25) is 4.79 Å². The second-order valence-corrected chi connectivity index (χ2v) is 8.22. The van der Waals surface area contributed by atoms with Gasteiger partial charge in [0.1, 0.15) is 23.3 Å². The number of allylic oxidation sites excluding steroid dienone is 4. The van der Waals surface area contributed by atoms with Crippen LogP contribution in [0.25, 0.3) is 0 Å². The summed E-state index contributed by atoms with van der Waals surface area (Å²) in [5, 5.41) is 2.57. The molecule has 1 aliphatic rings. The number of amides is 2. The number of benzene rings is 1. The van der Waals surface area contributed by atoms with Gasteiger partial charge in [0.25, 0.3) is 0 Å². The Bertz CT molecular complexity index is 785. The van der Waals surface area contributed by atoms with E-state index in [1.54, 1.807) is 27.8 Å². The average molecular weight is 406 g/mol. The van der Waals surface area contributed by atoms with E-state index in [0.29, 0.717) is 6.54 Å². The zero-order valence-corrected chi connectivity index (χ0v) is 17.2. The van der Waals surface area contributed by atoms with Crippen molar-refractivity contribution in [1.29, 1.82) is 0 Å². The zero-order chi connectivity index (χ0) is 21.6. The van der Waals surface area contributed by atoms with Crippen molar-refractivity contribution in [2.45, 2.75) is 51.8 Å². The van der Waals surface area contributed by atoms with Gasteiger partial charge in [-0.25, -0.2) is 13.6 Å². The molecule has 29 heavy (non-hydrogen) atoms. The number of nitrogens with zero attached hydrogens (tertiary/aromatic N) is 1. The normalized spacial score (nSPS) is 17.7. The lowest BCUT2D eigenvalue weighted by molar-refractivity contribution is -0.133. The maximum absolute atomic E-state index is 13.6. The minimum Gasteiger partial charge on any atom is -0.444 e. The van der Waals surface area contributed by atoms with Crippen LogP contribution in [0, 0.1) is 5.92 Å². The minimum atomic E-state index is -0.974. The standard InChI is InChI=1S/C22H28F2N2O3/c1-22(2,3)29-21(28)25-19(12-16-10-17(23)13-18(24)11-16)20(27)26(4)14-15-8-6-5-7-9-15/h5-10,13,16,19H,11-12,14H2,1-4H3,(H,25,28)/t16?,19-/m1/s1.